The van der Waals surface area contributed by atoms with E-state index in [4.69, 9.17) is 4.74 Å². The standard InChI is InChI=1S/C21H27N7O2/c1-13-10-17(30-5)6-7-18(13)26-21(29)23-9-8-22-19-12-20(25-16(4)24-19)28-15(3)11-14(2)27-28/h6-7,10-12H,8-9H2,1-5H3,(H,22,24,25)(H2,23,26,29). The summed E-state index contributed by atoms with van der Waals surface area (Å²) in [7, 11) is 1.61. The Morgan fingerprint density at radius 2 is 1.87 bits per heavy atom. The summed E-state index contributed by atoms with van der Waals surface area (Å²) in [4.78, 5) is 21.0. The van der Waals surface area contributed by atoms with Crippen molar-refractivity contribution in [3.05, 3.63) is 53.1 Å². The fraction of sp³-hybridized carbons (Fsp3) is 0.333. The van der Waals surface area contributed by atoms with Crippen molar-refractivity contribution in [2.45, 2.75) is 27.7 Å². The topological polar surface area (TPSA) is 106 Å². The third-order valence-electron chi connectivity index (χ3n) is 4.45. The summed E-state index contributed by atoms with van der Waals surface area (Å²) in [6.45, 7) is 8.63. The Balaban J connectivity index is 1.53. The first-order chi connectivity index (χ1) is 14.4. The molecule has 2 aromatic heterocycles. The number of nitrogens with one attached hydrogen (secondary N) is 3. The zero-order chi connectivity index (χ0) is 21.7. The first-order valence-electron chi connectivity index (χ1n) is 9.68. The van der Waals surface area contributed by atoms with Crippen molar-refractivity contribution in [3.63, 3.8) is 0 Å². The molecule has 0 saturated carbocycles. The van der Waals surface area contributed by atoms with Gasteiger partial charge < -0.3 is 20.7 Å². The zero-order valence-electron chi connectivity index (χ0n) is 17.9. The Bertz CT molecular complexity index is 1050. The molecular formula is C21H27N7O2. The van der Waals surface area contributed by atoms with Crippen LogP contribution in [-0.4, -0.2) is 46.0 Å². The monoisotopic (exact) mass is 409 g/mol. The highest BCUT2D eigenvalue weighted by molar-refractivity contribution is 5.90. The second-order valence-electron chi connectivity index (χ2n) is 6.99. The quantitative estimate of drug-likeness (QED) is 0.518. The molecule has 0 saturated heterocycles. The second-order valence-corrected chi connectivity index (χ2v) is 6.99. The van der Waals surface area contributed by atoms with Crippen molar-refractivity contribution in [2.75, 3.05) is 30.8 Å². The van der Waals surface area contributed by atoms with Crippen molar-refractivity contribution in [1.82, 2.24) is 25.1 Å². The molecule has 3 aromatic rings. The third-order valence-corrected chi connectivity index (χ3v) is 4.45. The maximum atomic E-state index is 12.1. The van der Waals surface area contributed by atoms with Gasteiger partial charge in [-0.2, -0.15) is 5.10 Å². The predicted molar refractivity (Wildman–Crippen MR) is 117 cm³/mol. The van der Waals surface area contributed by atoms with Crippen molar-refractivity contribution in [1.29, 1.82) is 0 Å². The number of amides is 2. The Labute approximate surface area is 175 Å². The number of nitrogens with zero attached hydrogens (tertiary/aromatic N) is 4. The summed E-state index contributed by atoms with van der Waals surface area (Å²) < 4.78 is 6.97. The van der Waals surface area contributed by atoms with Gasteiger partial charge in [-0.15, -0.1) is 0 Å². The lowest BCUT2D eigenvalue weighted by molar-refractivity contribution is 0.252. The molecule has 0 aliphatic heterocycles. The molecular weight excluding hydrogens is 382 g/mol. The number of benzene rings is 1. The molecule has 3 N–H and O–H groups in total. The highest BCUT2D eigenvalue weighted by Gasteiger charge is 2.09. The molecule has 30 heavy (non-hydrogen) atoms. The number of rotatable bonds is 7. The van der Waals surface area contributed by atoms with Gasteiger partial charge in [-0.25, -0.2) is 19.4 Å². The first-order valence-corrected chi connectivity index (χ1v) is 9.68. The molecule has 0 unspecified atom stereocenters. The molecule has 9 heteroatoms. The van der Waals surface area contributed by atoms with Crippen LogP contribution < -0.4 is 20.7 Å². The van der Waals surface area contributed by atoms with Gasteiger partial charge in [0.05, 0.1) is 12.8 Å². The summed E-state index contributed by atoms with van der Waals surface area (Å²) in [6.07, 6.45) is 0. The predicted octanol–water partition coefficient (Wildman–Crippen LogP) is 3.14. The van der Waals surface area contributed by atoms with Crippen LogP contribution in [-0.2, 0) is 0 Å². The van der Waals surface area contributed by atoms with E-state index in [1.807, 2.05) is 58.0 Å². The summed E-state index contributed by atoms with van der Waals surface area (Å²) in [6, 6.07) is 9.06. The molecule has 0 spiro atoms. The van der Waals surface area contributed by atoms with Gasteiger partial charge in [-0.05, 0) is 57.5 Å². The molecule has 0 radical (unpaired) electrons. The van der Waals surface area contributed by atoms with E-state index in [2.05, 4.69) is 31.0 Å². The minimum atomic E-state index is -0.271. The Morgan fingerprint density at radius 3 is 2.53 bits per heavy atom. The van der Waals surface area contributed by atoms with Crippen LogP contribution in [0.4, 0.5) is 16.3 Å². The molecule has 0 bridgehead atoms. The molecule has 0 aliphatic carbocycles. The number of urea groups is 1. The number of anilines is 2. The van der Waals surface area contributed by atoms with Gasteiger partial charge in [0.1, 0.15) is 17.4 Å². The van der Waals surface area contributed by atoms with Crippen LogP contribution >= 0.6 is 0 Å². The molecule has 0 aliphatic rings. The lowest BCUT2D eigenvalue weighted by Crippen LogP contribution is -2.33. The summed E-state index contributed by atoms with van der Waals surface area (Å²) in [5.74, 6) is 2.78. The van der Waals surface area contributed by atoms with Crippen molar-refractivity contribution in [2.24, 2.45) is 0 Å². The lowest BCUT2D eigenvalue weighted by atomic mass is 10.2. The highest BCUT2D eigenvalue weighted by Crippen LogP contribution is 2.20. The van der Waals surface area contributed by atoms with Crippen LogP contribution in [0.2, 0.25) is 0 Å². The van der Waals surface area contributed by atoms with E-state index in [-0.39, 0.29) is 6.03 Å². The largest absolute Gasteiger partial charge is 0.497 e. The molecule has 0 atom stereocenters. The van der Waals surface area contributed by atoms with Crippen LogP contribution in [0.1, 0.15) is 22.8 Å². The zero-order valence-corrected chi connectivity index (χ0v) is 17.9. The van der Waals surface area contributed by atoms with Crippen molar-refractivity contribution < 1.29 is 9.53 Å². The number of aryl methyl sites for hydroxylation is 4. The number of hydrogen-bond donors (Lipinski definition) is 3. The van der Waals surface area contributed by atoms with E-state index in [1.165, 1.54) is 0 Å². The number of aromatic nitrogens is 4. The Kier molecular flexibility index (Phi) is 6.51. The summed E-state index contributed by atoms with van der Waals surface area (Å²) >= 11 is 0. The summed E-state index contributed by atoms with van der Waals surface area (Å²) in [5.41, 5.74) is 3.60. The number of ether oxygens (including phenoxy) is 1. The van der Waals surface area contributed by atoms with Gasteiger partial charge >= 0.3 is 6.03 Å². The van der Waals surface area contributed by atoms with E-state index in [1.54, 1.807) is 11.8 Å². The number of carbonyl (C=O) groups is 1. The molecule has 2 heterocycles. The molecule has 9 nitrogen and oxygen atoms in total. The molecule has 2 amide bonds. The van der Waals surface area contributed by atoms with Crippen LogP contribution in [0.15, 0.2) is 30.3 Å². The number of hydrogen-bond acceptors (Lipinski definition) is 6. The van der Waals surface area contributed by atoms with Crippen LogP contribution in [0.3, 0.4) is 0 Å². The first kappa shape index (κ1) is 21.1. The average Bonchev–Trinajstić information content (AvgIpc) is 3.04. The van der Waals surface area contributed by atoms with Crippen LogP contribution in [0.25, 0.3) is 5.82 Å². The van der Waals surface area contributed by atoms with Gasteiger partial charge in [0.15, 0.2) is 5.82 Å². The maximum absolute atomic E-state index is 12.1. The van der Waals surface area contributed by atoms with Gasteiger partial charge in [0.2, 0.25) is 0 Å². The van der Waals surface area contributed by atoms with Gasteiger partial charge in [-0.3, -0.25) is 0 Å². The molecule has 1 aromatic carbocycles. The highest BCUT2D eigenvalue weighted by atomic mass is 16.5. The number of carbonyl (C=O) groups excluding carboxylic acids is 1. The van der Waals surface area contributed by atoms with E-state index in [0.29, 0.717) is 30.5 Å². The van der Waals surface area contributed by atoms with Gasteiger partial charge in [-0.1, -0.05) is 0 Å². The fourth-order valence-corrected chi connectivity index (χ4v) is 3.05. The third kappa shape index (κ3) is 5.25. The molecule has 3 rings (SSSR count). The minimum Gasteiger partial charge on any atom is -0.497 e. The fourth-order valence-electron chi connectivity index (χ4n) is 3.05. The number of methoxy groups -OCH3 is 1. The van der Waals surface area contributed by atoms with E-state index in [0.717, 1.165) is 28.4 Å². The molecule has 158 valence electrons. The maximum Gasteiger partial charge on any atom is 0.319 e. The van der Waals surface area contributed by atoms with Gasteiger partial charge in [0.25, 0.3) is 0 Å². The minimum absolute atomic E-state index is 0.271. The van der Waals surface area contributed by atoms with E-state index < -0.39 is 0 Å². The van der Waals surface area contributed by atoms with Gasteiger partial charge in [0, 0.05) is 30.5 Å². The SMILES string of the molecule is COc1ccc(NC(=O)NCCNc2cc(-n3nc(C)cc3C)nc(C)n2)c(C)c1. The Morgan fingerprint density at radius 1 is 1.07 bits per heavy atom. The smallest absolute Gasteiger partial charge is 0.319 e. The van der Waals surface area contributed by atoms with Crippen LogP contribution in [0, 0.1) is 27.7 Å². The van der Waals surface area contributed by atoms with Crippen molar-refractivity contribution >= 4 is 17.5 Å². The van der Waals surface area contributed by atoms with E-state index >= 15 is 0 Å². The van der Waals surface area contributed by atoms with E-state index in [9.17, 15) is 4.79 Å². The normalized spacial score (nSPS) is 10.6. The summed E-state index contributed by atoms with van der Waals surface area (Å²) in [5, 5.41) is 13.3. The second kappa shape index (κ2) is 9.25. The van der Waals surface area contributed by atoms with Crippen molar-refractivity contribution in [3.8, 4) is 11.6 Å². The average molecular weight is 409 g/mol. The Hall–Kier alpha value is -3.62. The molecule has 0 fully saturated rings. The van der Waals surface area contributed by atoms with Crippen LogP contribution in [0.5, 0.6) is 5.75 Å². The lowest BCUT2D eigenvalue weighted by Gasteiger charge is -2.12.